The standard InChI is InChI=1S/C19H22F3N5O3S/c20-19(21,22)14-1-6-17(24-13-14)27-11-9-26(10-12-27)8-7-18(28)25-15-2-4-16(5-3-15)31(23,29)30/h1-6,13H,7-12H2,(H,25,28)(H2,23,29,30). The van der Waals surface area contributed by atoms with Gasteiger partial charge in [0, 0.05) is 51.0 Å². The summed E-state index contributed by atoms with van der Waals surface area (Å²) in [6, 6.07) is 7.96. The molecule has 0 aliphatic carbocycles. The number of piperazine rings is 1. The summed E-state index contributed by atoms with van der Waals surface area (Å²) in [6.07, 6.45) is -3.33. The first-order valence-electron chi connectivity index (χ1n) is 9.46. The van der Waals surface area contributed by atoms with E-state index < -0.39 is 21.8 Å². The van der Waals surface area contributed by atoms with Crippen molar-refractivity contribution in [1.29, 1.82) is 0 Å². The molecule has 1 aromatic heterocycles. The number of hydrogen-bond donors (Lipinski definition) is 2. The first-order valence-corrected chi connectivity index (χ1v) is 11.0. The summed E-state index contributed by atoms with van der Waals surface area (Å²) >= 11 is 0. The van der Waals surface area contributed by atoms with Crippen LogP contribution in [0.5, 0.6) is 0 Å². The van der Waals surface area contributed by atoms with E-state index in [4.69, 9.17) is 5.14 Å². The smallest absolute Gasteiger partial charge is 0.354 e. The Morgan fingerprint density at radius 3 is 2.23 bits per heavy atom. The number of hydrogen-bond acceptors (Lipinski definition) is 6. The largest absolute Gasteiger partial charge is 0.417 e. The van der Waals surface area contributed by atoms with E-state index in [0.29, 0.717) is 44.2 Å². The Bertz CT molecular complexity index is 1000. The normalized spacial score (nSPS) is 15.7. The van der Waals surface area contributed by atoms with Crippen LogP contribution in [0.2, 0.25) is 0 Å². The van der Waals surface area contributed by atoms with Crippen LogP contribution in [0.25, 0.3) is 0 Å². The van der Waals surface area contributed by atoms with Crippen LogP contribution in [0, 0.1) is 0 Å². The second-order valence-corrected chi connectivity index (χ2v) is 8.66. The Kier molecular flexibility index (Phi) is 6.82. The number of alkyl halides is 3. The van der Waals surface area contributed by atoms with Crippen LogP contribution in [-0.4, -0.2) is 56.9 Å². The minimum Gasteiger partial charge on any atom is -0.354 e. The third kappa shape index (κ3) is 6.39. The van der Waals surface area contributed by atoms with Gasteiger partial charge < -0.3 is 10.2 Å². The van der Waals surface area contributed by atoms with Crippen molar-refractivity contribution < 1.29 is 26.4 Å². The molecule has 31 heavy (non-hydrogen) atoms. The molecule has 0 radical (unpaired) electrons. The van der Waals surface area contributed by atoms with Crippen LogP contribution in [0.3, 0.4) is 0 Å². The number of sulfonamides is 1. The highest BCUT2D eigenvalue weighted by molar-refractivity contribution is 7.89. The van der Waals surface area contributed by atoms with Gasteiger partial charge in [-0.3, -0.25) is 9.69 Å². The fourth-order valence-electron chi connectivity index (χ4n) is 3.15. The number of anilines is 2. The van der Waals surface area contributed by atoms with Gasteiger partial charge in [0.2, 0.25) is 15.9 Å². The molecule has 168 valence electrons. The van der Waals surface area contributed by atoms with E-state index in [1.54, 1.807) is 0 Å². The van der Waals surface area contributed by atoms with Gasteiger partial charge in [-0.05, 0) is 36.4 Å². The molecule has 0 spiro atoms. The van der Waals surface area contributed by atoms with E-state index in [1.807, 2.05) is 4.90 Å². The highest BCUT2D eigenvalue weighted by Crippen LogP contribution is 2.29. The van der Waals surface area contributed by atoms with Crippen LogP contribution in [-0.2, 0) is 21.0 Å². The third-order valence-corrected chi connectivity index (χ3v) is 5.82. The quantitative estimate of drug-likeness (QED) is 0.686. The van der Waals surface area contributed by atoms with Crippen LogP contribution in [0.1, 0.15) is 12.0 Å². The van der Waals surface area contributed by atoms with E-state index in [2.05, 4.69) is 15.2 Å². The molecular weight excluding hydrogens is 435 g/mol. The van der Waals surface area contributed by atoms with Gasteiger partial charge in [0.1, 0.15) is 5.82 Å². The second kappa shape index (κ2) is 9.20. The number of pyridine rings is 1. The van der Waals surface area contributed by atoms with Crippen molar-refractivity contribution >= 4 is 27.4 Å². The number of carbonyl (C=O) groups excluding carboxylic acids is 1. The molecule has 1 aliphatic heterocycles. The SMILES string of the molecule is NS(=O)(=O)c1ccc(NC(=O)CCN2CCN(c3ccc(C(F)(F)F)cn3)CC2)cc1. The average molecular weight is 457 g/mol. The Morgan fingerprint density at radius 1 is 1.06 bits per heavy atom. The van der Waals surface area contributed by atoms with Gasteiger partial charge in [-0.2, -0.15) is 13.2 Å². The highest BCUT2D eigenvalue weighted by Gasteiger charge is 2.31. The van der Waals surface area contributed by atoms with Gasteiger partial charge >= 0.3 is 6.18 Å². The molecule has 12 heteroatoms. The lowest BCUT2D eigenvalue weighted by atomic mass is 10.2. The zero-order valence-electron chi connectivity index (χ0n) is 16.5. The molecule has 3 rings (SSSR count). The summed E-state index contributed by atoms with van der Waals surface area (Å²) < 4.78 is 60.4. The van der Waals surface area contributed by atoms with Gasteiger partial charge in [-0.1, -0.05) is 0 Å². The summed E-state index contributed by atoms with van der Waals surface area (Å²) in [5, 5.41) is 7.73. The number of aromatic nitrogens is 1. The van der Waals surface area contributed by atoms with Crippen molar-refractivity contribution in [2.45, 2.75) is 17.5 Å². The van der Waals surface area contributed by atoms with Crippen LogP contribution in [0.4, 0.5) is 24.7 Å². The monoisotopic (exact) mass is 457 g/mol. The minimum absolute atomic E-state index is 0.0362. The maximum absolute atomic E-state index is 12.6. The lowest BCUT2D eigenvalue weighted by molar-refractivity contribution is -0.137. The number of nitrogens with one attached hydrogen (secondary N) is 1. The summed E-state index contributed by atoms with van der Waals surface area (Å²) in [6.45, 7) is 3.01. The topological polar surface area (TPSA) is 109 Å². The fourth-order valence-corrected chi connectivity index (χ4v) is 3.67. The van der Waals surface area contributed by atoms with Gasteiger partial charge in [0.05, 0.1) is 10.5 Å². The fraction of sp³-hybridized carbons (Fsp3) is 0.368. The predicted molar refractivity (Wildman–Crippen MR) is 109 cm³/mol. The number of rotatable bonds is 6. The molecule has 8 nitrogen and oxygen atoms in total. The molecule has 0 atom stereocenters. The number of amides is 1. The zero-order valence-corrected chi connectivity index (χ0v) is 17.3. The third-order valence-electron chi connectivity index (χ3n) is 4.89. The van der Waals surface area contributed by atoms with Gasteiger partial charge in [0.25, 0.3) is 0 Å². The predicted octanol–water partition coefficient (Wildman–Crippen LogP) is 1.90. The van der Waals surface area contributed by atoms with E-state index in [9.17, 15) is 26.4 Å². The molecule has 1 amide bonds. The van der Waals surface area contributed by atoms with Crippen LogP contribution >= 0.6 is 0 Å². The average Bonchev–Trinajstić information content (AvgIpc) is 2.72. The number of halogens is 3. The summed E-state index contributed by atoms with van der Waals surface area (Å²) in [5.41, 5.74) is -0.309. The van der Waals surface area contributed by atoms with E-state index >= 15 is 0 Å². The number of nitrogens with zero attached hydrogens (tertiary/aromatic N) is 3. The molecule has 0 bridgehead atoms. The molecule has 0 unspecified atom stereocenters. The molecule has 1 aromatic carbocycles. The van der Waals surface area contributed by atoms with Gasteiger partial charge in [-0.15, -0.1) is 0 Å². The lowest BCUT2D eigenvalue weighted by Gasteiger charge is -2.35. The number of benzene rings is 1. The first-order chi connectivity index (χ1) is 14.5. The van der Waals surface area contributed by atoms with Crippen molar-refractivity contribution in [3.05, 3.63) is 48.2 Å². The van der Waals surface area contributed by atoms with Crippen LogP contribution in [0.15, 0.2) is 47.5 Å². The maximum atomic E-state index is 12.6. The molecule has 3 N–H and O–H groups in total. The molecule has 1 aliphatic rings. The van der Waals surface area contributed by atoms with Crippen molar-refractivity contribution in [2.24, 2.45) is 5.14 Å². The Hall–Kier alpha value is -2.70. The van der Waals surface area contributed by atoms with Crippen molar-refractivity contribution in [3.63, 3.8) is 0 Å². The Morgan fingerprint density at radius 2 is 1.71 bits per heavy atom. The summed E-state index contributed by atoms with van der Waals surface area (Å²) in [7, 11) is -3.78. The zero-order chi connectivity index (χ0) is 22.6. The van der Waals surface area contributed by atoms with E-state index in [1.165, 1.54) is 30.3 Å². The van der Waals surface area contributed by atoms with Crippen molar-refractivity contribution in [2.75, 3.05) is 42.9 Å². The second-order valence-electron chi connectivity index (χ2n) is 7.10. The van der Waals surface area contributed by atoms with E-state index in [0.717, 1.165) is 12.3 Å². The summed E-state index contributed by atoms with van der Waals surface area (Å²) in [4.78, 5) is 20.0. The Labute approximate surface area is 177 Å². The number of primary sulfonamides is 1. The lowest BCUT2D eigenvalue weighted by Crippen LogP contribution is -2.47. The van der Waals surface area contributed by atoms with Gasteiger partial charge in [0.15, 0.2) is 0 Å². The maximum Gasteiger partial charge on any atom is 0.417 e. The summed E-state index contributed by atoms with van der Waals surface area (Å²) in [5.74, 6) is 0.281. The molecule has 0 saturated carbocycles. The molecule has 1 saturated heterocycles. The minimum atomic E-state index is -4.41. The molecule has 2 heterocycles. The molecule has 1 fully saturated rings. The van der Waals surface area contributed by atoms with Crippen LogP contribution < -0.4 is 15.4 Å². The number of carbonyl (C=O) groups is 1. The molecule has 2 aromatic rings. The first kappa shape index (κ1) is 23.0. The highest BCUT2D eigenvalue weighted by atomic mass is 32.2. The van der Waals surface area contributed by atoms with Crippen molar-refractivity contribution in [3.8, 4) is 0 Å². The van der Waals surface area contributed by atoms with Crippen molar-refractivity contribution in [1.82, 2.24) is 9.88 Å². The molecular formula is C19H22F3N5O3S. The number of nitrogens with two attached hydrogens (primary N) is 1. The Balaban J connectivity index is 1.43. The van der Waals surface area contributed by atoms with E-state index in [-0.39, 0.29) is 17.2 Å². The van der Waals surface area contributed by atoms with Gasteiger partial charge in [-0.25, -0.2) is 18.5 Å².